The summed E-state index contributed by atoms with van der Waals surface area (Å²) in [7, 11) is 1.64. The topological polar surface area (TPSA) is 70.3 Å². The Balaban J connectivity index is 1.70. The standard InChI is InChI=1S/C20H16FN3O3/c1-11-8-13(9-12(2)17(11)25-3)18-23-15-10-22-20(24-19(15)27-18)26-16-7-5-4-6-14(16)21/h4-10H,1-3H3. The van der Waals surface area contributed by atoms with Gasteiger partial charge in [0.2, 0.25) is 5.89 Å². The quantitative estimate of drug-likeness (QED) is 0.515. The number of rotatable bonds is 4. The van der Waals surface area contributed by atoms with Gasteiger partial charge in [-0.05, 0) is 49.2 Å². The van der Waals surface area contributed by atoms with Crippen LogP contribution in [0.3, 0.4) is 0 Å². The van der Waals surface area contributed by atoms with Gasteiger partial charge in [0, 0.05) is 5.56 Å². The molecule has 6 nitrogen and oxygen atoms in total. The van der Waals surface area contributed by atoms with E-state index in [2.05, 4.69) is 15.0 Å². The number of aryl methyl sites for hydroxylation is 2. The van der Waals surface area contributed by atoms with Crippen LogP contribution < -0.4 is 9.47 Å². The summed E-state index contributed by atoms with van der Waals surface area (Å²) in [4.78, 5) is 12.7. The number of halogens is 1. The number of para-hydroxylation sites is 1. The summed E-state index contributed by atoms with van der Waals surface area (Å²) in [5.74, 6) is 0.785. The normalized spacial score (nSPS) is 11.0. The summed E-state index contributed by atoms with van der Waals surface area (Å²) in [5.41, 5.74) is 3.50. The Morgan fingerprint density at radius 2 is 1.78 bits per heavy atom. The van der Waals surface area contributed by atoms with E-state index in [-0.39, 0.29) is 17.5 Å². The van der Waals surface area contributed by atoms with Gasteiger partial charge < -0.3 is 13.9 Å². The fourth-order valence-corrected chi connectivity index (χ4v) is 2.91. The molecule has 0 radical (unpaired) electrons. The Morgan fingerprint density at radius 1 is 1.04 bits per heavy atom. The highest BCUT2D eigenvalue weighted by molar-refractivity contribution is 5.72. The van der Waals surface area contributed by atoms with Crippen molar-refractivity contribution in [3.05, 3.63) is 59.5 Å². The zero-order valence-corrected chi connectivity index (χ0v) is 15.0. The van der Waals surface area contributed by atoms with Crippen molar-refractivity contribution in [1.29, 1.82) is 0 Å². The van der Waals surface area contributed by atoms with E-state index in [1.165, 1.54) is 18.3 Å². The van der Waals surface area contributed by atoms with Crippen molar-refractivity contribution < 1.29 is 18.3 Å². The van der Waals surface area contributed by atoms with Crippen molar-refractivity contribution in [2.45, 2.75) is 13.8 Å². The van der Waals surface area contributed by atoms with Crippen LogP contribution in [0.5, 0.6) is 17.5 Å². The average Bonchev–Trinajstić information content (AvgIpc) is 3.07. The molecule has 136 valence electrons. The predicted molar refractivity (Wildman–Crippen MR) is 97.5 cm³/mol. The second-order valence-corrected chi connectivity index (χ2v) is 6.04. The molecule has 2 heterocycles. The number of benzene rings is 2. The number of methoxy groups -OCH3 is 1. The Labute approximate surface area is 154 Å². The van der Waals surface area contributed by atoms with Crippen molar-refractivity contribution in [3.63, 3.8) is 0 Å². The smallest absolute Gasteiger partial charge is 0.325 e. The molecule has 0 unspecified atom stereocenters. The zero-order valence-electron chi connectivity index (χ0n) is 15.0. The van der Waals surface area contributed by atoms with Crippen LogP contribution in [-0.4, -0.2) is 22.1 Å². The Morgan fingerprint density at radius 3 is 2.48 bits per heavy atom. The molecule has 0 aliphatic rings. The molecule has 2 aromatic carbocycles. The number of hydrogen-bond donors (Lipinski definition) is 0. The van der Waals surface area contributed by atoms with E-state index in [0.29, 0.717) is 11.4 Å². The van der Waals surface area contributed by atoms with Crippen LogP contribution in [0.1, 0.15) is 11.1 Å². The highest BCUT2D eigenvalue weighted by Crippen LogP contribution is 2.31. The summed E-state index contributed by atoms with van der Waals surface area (Å²) in [5, 5.41) is 0. The van der Waals surface area contributed by atoms with Gasteiger partial charge in [-0.1, -0.05) is 12.1 Å². The van der Waals surface area contributed by atoms with E-state index in [1.807, 2.05) is 26.0 Å². The summed E-state index contributed by atoms with van der Waals surface area (Å²) in [6, 6.07) is 9.89. The lowest BCUT2D eigenvalue weighted by Crippen LogP contribution is -1.93. The number of fused-ring (bicyclic) bond motifs is 1. The van der Waals surface area contributed by atoms with Gasteiger partial charge in [0.1, 0.15) is 11.3 Å². The number of oxazole rings is 1. The predicted octanol–water partition coefficient (Wildman–Crippen LogP) is 4.84. The largest absolute Gasteiger partial charge is 0.496 e. The van der Waals surface area contributed by atoms with Gasteiger partial charge >= 0.3 is 6.01 Å². The maximum absolute atomic E-state index is 13.7. The average molecular weight is 365 g/mol. The first-order chi connectivity index (χ1) is 13.0. The van der Waals surface area contributed by atoms with Crippen molar-refractivity contribution >= 4 is 11.2 Å². The summed E-state index contributed by atoms with van der Waals surface area (Å²) >= 11 is 0. The first kappa shape index (κ1) is 17.0. The van der Waals surface area contributed by atoms with Crippen LogP contribution in [0.4, 0.5) is 4.39 Å². The van der Waals surface area contributed by atoms with Crippen LogP contribution in [0.25, 0.3) is 22.7 Å². The Kier molecular flexibility index (Phi) is 4.19. The molecule has 0 amide bonds. The molecule has 0 bridgehead atoms. The molecule has 0 N–H and O–H groups in total. The van der Waals surface area contributed by atoms with E-state index >= 15 is 0 Å². The number of aromatic nitrogens is 3. The summed E-state index contributed by atoms with van der Waals surface area (Å²) in [6.45, 7) is 3.91. The lowest BCUT2D eigenvalue weighted by molar-refractivity contribution is 0.408. The minimum Gasteiger partial charge on any atom is -0.496 e. The molecule has 0 fully saturated rings. The fraction of sp³-hybridized carbons (Fsp3) is 0.150. The van der Waals surface area contributed by atoms with Gasteiger partial charge in [-0.15, -0.1) is 0 Å². The maximum Gasteiger partial charge on any atom is 0.325 e. The lowest BCUT2D eigenvalue weighted by Gasteiger charge is -2.09. The van der Waals surface area contributed by atoms with E-state index < -0.39 is 5.82 Å². The molecule has 7 heteroatoms. The molecule has 2 aromatic heterocycles. The minimum atomic E-state index is -0.497. The molecule has 0 spiro atoms. The molecule has 0 saturated heterocycles. The maximum atomic E-state index is 13.7. The molecule has 0 atom stereocenters. The first-order valence-electron chi connectivity index (χ1n) is 8.26. The van der Waals surface area contributed by atoms with Crippen molar-refractivity contribution in [3.8, 4) is 29.0 Å². The van der Waals surface area contributed by atoms with Crippen LogP contribution in [0.15, 0.2) is 47.0 Å². The van der Waals surface area contributed by atoms with Crippen LogP contribution in [0.2, 0.25) is 0 Å². The molecular formula is C20H16FN3O3. The van der Waals surface area contributed by atoms with Gasteiger partial charge in [-0.2, -0.15) is 4.98 Å². The highest BCUT2D eigenvalue weighted by Gasteiger charge is 2.15. The second-order valence-electron chi connectivity index (χ2n) is 6.04. The SMILES string of the molecule is COc1c(C)cc(-c2nc3cnc(Oc4ccccc4F)nc3o2)cc1C. The van der Waals surface area contributed by atoms with E-state index in [0.717, 1.165) is 22.4 Å². The third-order valence-corrected chi connectivity index (χ3v) is 4.08. The minimum absolute atomic E-state index is 0.0163. The lowest BCUT2D eigenvalue weighted by atomic mass is 10.1. The molecule has 4 aromatic rings. The Bertz CT molecular complexity index is 1120. The van der Waals surface area contributed by atoms with Gasteiger partial charge in [0.25, 0.3) is 5.71 Å². The highest BCUT2D eigenvalue weighted by atomic mass is 19.1. The van der Waals surface area contributed by atoms with E-state index in [1.54, 1.807) is 19.2 Å². The van der Waals surface area contributed by atoms with Crippen LogP contribution in [-0.2, 0) is 0 Å². The molecule has 0 aliphatic carbocycles. The molecule has 0 aliphatic heterocycles. The second kappa shape index (κ2) is 6.68. The number of nitrogens with zero attached hydrogens (tertiary/aromatic N) is 3. The van der Waals surface area contributed by atoms with Gasteiger partial charge in [-0.3, -0.25) is 0 Å². The fourth-order valence-electron chi connectivity index (χ4n) is 2.91. The first-order valence-corrected chi connectivity index (χ1v) is 8.26. The number of hydrogen-bond acceptors (Lipinski definition) is 6. The molecule has 0 saturated carbocycles. The van der Waals surface area contributed by atoms with Crippen molar-refractivity contribution in [2.24, 2.45) is 0 Å². The van der Waals surface area contributed by atoms with Crippen molar-refractivity contribution in [2.75, 3.05) is 7.11 Å². The summed E-state index contributed by atoms with van der Waals surface area (Å²) in [6.07, 6.45) is 1.48. The van der Waals surface area contributed by atoms with E-state index in [9.17, 15) is 4.39 Å². The third-order valence-electron chi connectivity index (χ3n) is 4.08. The molecular weight excluding hydrogens is 349 g/mol. The monoisotopic (exact) mass is 365 g/mol. The van der Waals surface area contributed by atoms with Gasteiger partial charge in [0.15, 0.2) is 11.6 Å². The zero-order chi connectivity index (χ0) is 19.0. The third kappa shape index (κ3) is 3.19. The summed E-state index contributed by atoms with van der Waals surface area (Å²) < 4.78 is 30.3. The van der Waals surface area contributed by atoms with Crippen molar-refractivity contribution in [1.82, 2.24) is 15.0 Å². The van der Waals surface area contributed by atoms with Gasteiger partial charge in [-0.25, -0.2) is 14.4 Å². The van der Waals surface area contributed by atoms with E-state index in [4.69, 9.17) is 13.9 Å². The van der Waals surface area contributed by atoms with Crippen LogP contribution in [0, 0.1) is 19.7 Å². The number of ether oxygens (including phenoxy) is 2. The van der Waals surface area contributed by atoms with Crippen LogP contribution >= 0.6 is 0 Å². The molecule has 4 rings (SSSR count). The Hall–Kier alpha value is -3.48. The molecule has 27 heavy (non-hydrogen) atoms. The van der Waals surface area contributed by atoms with Gasteiger partial charge in [0.05, 0.1) is 13.3 Å².